The van der Waals surface area contributed by atoms with E-state index in [0.717, 1.165) is 36.7 Å². The number of aromatic nitrogens is 2. The smallest absolute Gasteiger partial charge is 0.255 e. The van der Waals surface area contributed by atoms with E-state index in [1.807, 2.05) is 35.2 Å². The van der Waals surface area contributed by atoms with E-state index in [-0.39, 0.29) is 23.7 Å². The molecule has 0 spiro atoms. The molecule has 0 radical (unpaired) electrons. The lowest BCUT2D eigenvalue weighted by atomic mass is 10.0. The Morgan fingerprint density at radius 1 is 1.17 bits per heavy atom. The third-order valence-corrected chi connectivity index (χ3v) is 7.33. The minimum Gasteiger partial charge on any atom is -0.342 e. The van der Waals surface area contributed by atoms with E-state index in [2.05, 4.69) is 15.2 Å². The van der Waals surface area contributed by atoms with Gasteiger partial charge in [-0.15, -0.1) is 0 Å². The van der Waals surface area contributed by atoms with Crippen LogP contribution in [0.4, 0.5) is 4.39 Å². The monoisotopic (exact) mass is 473 g/mol. The Morgan fingerprint density at radius 2 is 1.97 bits per heavy atom. The molecule has 2 aromatic carbocycles. The summed E-state index contributed by atoms with van der Waals surface area (Å²) in [6.07, 6.45) is 2.81. The van der Waals surface area contributed by atoms with Crippen LogP contribution < -0.4 is 0 Å². The van der Waals surface area contributed by atoms with Crippen molar-refractivity contribution in [2.24, 2.45) is 16.8 Å². The van der Waals surface area contributed by atoms with Crippen LogP contribution in [0.15, 0.2) is 47.5 Å². The van der Waals surface area contributed by atoms with Crippen molar-refractivity contribution in [3.8, 4) is 11.3 Å². The molecule has 1 atom stereocenters. The first kappa shape index (κ1) is 21.9. The van der Waals surface area contributed by atoms with Gasteiger partial charge >= 0.3 is 0 Å². The largest absolute Gasteiger partial charge is 0.342 e. The first-order chi connectivity index (χ1) is 16.8. The van der Waals surface area contributed by atoms with Crippen molar-refractivity contribution in [2.75, 3.05) is 19.6 Å². The molecule has 6 rings (SSSR count). The molecule has 1 N–H and O–H groups in total. The summed E-state index contributed by atoms with van der Waals surface area (Å²) in [5, 5.41) is 8.28. The molecule has 35 heavy (non-hydrogen) atoms. The van der Waals surface area contributed by atoms with Gasteiger partial charge in [0.1, 0.15) is 17.2 Å². The van der Waals surface area contributed by atoms with Gasteiger partial charge in [0.15, 0.2) is 0 Å². The molecule has 7 nitrogen and oxygen atoms in total. The van der Waals surface area contributed by atoms with E-state index in [9.17, 15) is 9.59 Å². The van der Waals surface area contributed by atoms with Gasteiger partial charge in [0, 0.05) is 36.5 Å². The number of benzene rings is 2. The predicted molar refractivity (Wildman–Crippen MR) is 131 cm³/mol. The maximum absolute atomic E-state index is 15.5. The first-order valence-corrected chi connectivity index (χ1v) is 12.3. The van der Waals surface area contributed by atoms with Crippen molar-refractivity contribution in [2.45, 2.75) is 38.6 Å². The second-order valence-electron chi connectivity index (χ2n) is 10.4. The molecule has 180 valence electrons. The number of hydrogen-bond donors (Lipinski definition) is 1. The Morgan fingerprint density at radius 3 is 2.74 bits per heavy atom. The summed E-state index contributed by atoms with van der Waals surface area (Å²) in [5.74, 6) is 0.364. The van der Waals surface area contributed by atoms with Crippen LogP contribution >= 0.6 is 0 Å². The molecule has 1 saturated carbocycles. The number of hydrogen-bond acceptors (Lipinski definition) is 4. The molecular formula is C27H28FN5O2. The second-order valence-corrected chi connectivity index (χ2v) is 10.4. The molecule has 8 heteroatoms. The summed E-state index contributed by atoms with van der Waals surface area (Å²) in [5.41, 5.74) is 1.57. The summed E-state index contributed by atoms with van der Waals surface area (Å²) in [6.45, 7) is 5.31. The lowest BCUT2D eigenvalue weighted by Gasteiger charge is -2.24. The number of carbonyl (C=O) groups excluding carboxylic acids is 2. The zero-order valence-corrected chi connectivity index (χ0v) is 19.9. The fraction of sp³-hybridized carbons (Fsp3) is 0.407. The van der Waals surface area contributed by atoms with Crippen LogP contribution in [0, 0.1) is 17.7 Å². The minimum absolute atomic E-state index is 0.138. The van der Waals surface area contributed by atoms with Crippen molar-refractivity contribution < 1.29 is 14.0 Å². The van der Waals surface area contributed by atoms with Crippen molar-refractivity contribution in [1.29, 1.82) is 0 Å². The van der Waals surface area contributed by atoms with Gasteiger partial charge in [-0.2, -0.15) is 5.10 Å². The van der Waals surface area contributed by atoms with Gasteiger partial charge in [-0.1, -0.05) is 24.3 Å². The topological polar surface area (TPSA) is 81.7 Å². The number of aliphatic imine (C=N–C) groups is 1. The maximum atomic E-state index is 15.5. The highest BCUT2D eigenvalue weighted by Crippen LogP contribution is 2.35. The average molecular weight is 474 g/mol. The van der Waals surface area contributed by atoms with Crippen LogP contribution in [0.3, 0.4) is 0 Å². The van der Waals surface area contributed by atoms with E-state index in [1.165, 1.54) is 6.07 Å². The number of nitrogens with one attached hydrogen (secondary N) is 1. The number of H-pyrrole nitrogens is 1. The molecule has 2 fully saturated rings. The van der Waals surface area contributed by atoms with E-state index in [1.54, 1.807) is 24.8 Å². The number of rotatable bonds is 5. The number of amides is 2. The fourth-order valence-electron chi connectivity index (χ4n) is 5.23. The Kier molecular flexibility index (Phi) is 5.02. The van der Waals surface area contributed by atoms with E-state index >= 15 is 4.39 Å². The maximum Gasteiger partial charge on any atom is 0.255 e. The van der Waals surface area contributed by atoms with Gasteiger partial charge in [-0.3, -0.25) is 24.6 Å². The number of aromatic amines is 1. The molecule has 3 aliphatic rings. The standard InChI is InChI=1S/C27H28FN5O2/c1-27(2)26(35)33(15-16-11-12-32(14-16)25(34)17-7-8-17)24(29-27)19-10-9-18(13-21(19)28)23-20-5-3-4-6-22(20)30-31-23/h3-6,9-10,13,16-17H,7-8,11-12,14-15H2,1-2H3,(H,30,31)/t16-/m1/s1. The quantitative estimate of drug-likeness (QED) is 0.608. The van der Waals surface area contributed by atoms with E-state index in [4.69, 9.17) is 0 Å². The highest BCUT2D eigenvalue weighted by Gasteiger charge is 2.44. The summed E-state index contributed by atoms with van der Waals surface area (Å²) in [6, 6.07) is 12.7. The van der Waals surface area contributed by atoms with Crippen LogP contribution in [0.2, 0.25) is 0 Å². The third kappa shape index (κ3) is 3.81. The number of para-hydroxylation sites is 1. The van der Waals surface area contributed by atoms with Gasteiger partial charge < -0.3 is 4.90 Å². The number of nitrogens with zero attached hydrogens (tertiary/aromatic N) is 4. The zero-order valence-electron chi connectivity index (χ0n) is 19.9. The SMILES string of the molecule is CC1(C)N=C(c2ccc(-c3n[nH]c4ccccc34)cc2F)N(C[C@@H]2CCN(C(=O)C3CC3)C2)C1=O. The van der Waals surface area contributed by atoms with Gasteiger partial charge in [0.2, 0.25) is 5.91 Å². The number of carbonyl (C=O) groups is 2. The van der Waals surface area contributed by atoms with Crippen LogP contribution in [0.1, 0.15) is 38.7 Å². The second kappa shape index (κ2) is 8.00. The van der Waals surface area contributed by atoms with Crippen molar-refractivity contribution in [3.63, 3.8) is 0 Å². The summed E-state index contributed by atoms with van der Waals surface area (Å²) in [7, 11) is 0. The number of halogens is 1. The average Bonchev–Trinajstić information content (AvgIpc) is 3.36. The highest BCUT2D eigenvalue weighted by molar-refractivity contribution is 6.15. The summed E-state index contributed by atoms with van der Waals surface area (Å²) >= 11 is 0. The Bertz CT molecular complexity index is 1370. The van der Waals surface area contributed by atoms with Crippen LogP contribution in [-0.4, -0.2) is 62.8 Å². The van der Waals surface area contributed by atoms with Gasteiger partial charge in [-0.25, -0.2) is 4.39 Å². The van der Waals surface area contributed by atoms with Crippen molar-refractivity contribution in [3.05, 3.63) is 53.8 Å². The first-order valence-electron chi connectivity index (χ1n) is 12.3. The Labute approximate surface area is 203 Å². The molecule has 0 bridgehead atoms. The molecule has 3 heterocycles. The Balaban J connectivity index is 1.27. The number of fused-ring (bicyclic) bond motifs is 1. The normalized spacial score (nSPS) is 21.7. The molecule has 2 aliphatic heterocycles. The van der Waals surface area contributed by atoms with E-state index in [0.29, 0.717) is 35.7 Å². The minimum atomic E-state index is -0.957. The van der Waals surface area contributed by atoms with Crippen LogP contribution in [-0.2, 0) is 9.59 Å². The summed E-state index contributed by atoms with van der Waals surface area (Å²) in [4.78, 5) is 33.9. The lowest BCUT2D eigenvalue weighted by Crippen LogP contribution is -2.43. The molecule has 0 unspecified atom stereocenters. The van der Waals surface area contributed by atoms with Crippen molar-refractivity contribution in [1.82, 2.24) is 20.0 Å². The molecule has 1 saturated heterocycles. The van der Waals surface area contributed by atoms with Crippen LogP contribution in [0.25, 0.3) is 22.2 Å². The molecule has 1 aromatic heterocycles. The predicted octanol–water partition coefficient (Wildman–Crippen LogP) is 3.99. The summed E-state index contributed by atoms with van der Waals surface area (Å²) < 4.78 is 15.5. The van der Waals surface area contributed by atoms with E-state index < -0.39 is 11.4 Å². The molecular weight excluding hydrogens is 445 g/mol. The van der Waals surface area contributed by atoms with Gasteiger partial charge in [0.05, 0.1) is 16.8 Å². The lowest BCUT2D eigenvalue weighted by molar-refractivity contribution is -0.131. The Hall–Kier alpha value is -3.55. The molecule has 3 aromatic rings. The fourth-order valence-corrected chi connectivity index (χ4v) is 5.23. The zero-order chi connectivity index (χ0) is 24.3. The third-order valence-electron chi connectivity index (χ3n) is 7.33. The number of likely N-dealkylation sites (tertiary alicyclic amines) is 1. The highest BCUT2D eigenvalue weighted by atomic mass is 19.1. The number of amidine groups is 1. The van der Waals surface area contributed by atoms with Gasteiger partial charge in [0.25, 0.3) is 5.91 Å². The van der Waals surface area contributed by atoms with Crippen LogP contribution in [0.5, 0.6) is 0 Å². The van der Waals surface area contributed by atoms with Crippen molar-refractivity contribution >= 4 is 28.6 Å². The van der Waals surface area contributed by atoms with Gasteiger partial charge in [-0.05, 0) is 57.2 Å². The molecule has 1 aliphatic carbocycles. The molecule has 2 amide bonds.